The van der Waals surface area contributed by atoms with Gasteiger partial charge in [0.05, 0.1) is 11.9 Å². The van der Waals surface area contributed by atoms with Gasteiger partial charge >= 0.3 is 0 Å². The molecule has 0 aliphatic heterocycles. The first-order chi connectivity index (χ1) is 13.1. The standard InChI is InChI=1S/C24H23NOS/c1-18-14-15-21(16-19(18)2)25-24(27-23-12-8-5-9-13-23)20(3)17-26-22-10-6-4-7-11-22/h4-17H,1-3H3/b20-17+,25-24+. The van der Waals surface area contributed by atoms with E-state index in [0.29, 0.717) is 0 Å². The van der Waals surface area contributed by atoms with E-state index in [1.807, 2.05) is 55.5 Å². The summed E-state index contributed by atoms with van der Waals surface area (Å²) in [6.45, 7) is 6.25. The number of thioether (sulfide) groups is 1. The summed E-state index contributed by atoms with van der Waals surface area (Å²) in [6, 6.07) is 26.3. The molecule has 0 saturated carbocycles. The zero-order valence-corrected chi connectivity index (χ0v) is 16.7. The number of hydrogen-bond donors (Lipinski definition) is 0. The van der Waals surface area contributed by atoms with Crippen LogP contribution in [0.3, 0.4) is 0 Å². The third-order valence-corrected chi connectivity index (χ3v) is 5.25. The monoisotopic (exact) mass is 373 g/mol. The molecule has 0 radical (unpaired) electrons. The van der Waals surface area contributed by atoms with Crippen molar-refractivity contribution in [2.75, 3.05) is 0 Å². The summed E-state index contributed by atoms with van der Waals surface area (Å²) in [5.74, 6) is 0.812. The first kappa shape index (κ1) is 19.0. The molecule has 0 unspecified atom stereocenters. The Morgan fingerprint density at radius 2 is 1.52 bits per heavy atom. The Morgan fingerprint density at radius 3 is 2.19 bits per heavy atom. The van der Waals surface area contributed by atoms with Crippen molar-refractivity contribution in [1.82, 2.24) is 0 Å². The first-order valence-corrected chi connectivity index (χ1v) is 9.71. The molecule has 27 heavy (non-hydrogen) atoms. The van der Waals surface area contributed by atoms with Crippen LogP contribution in [-0.2, 0) is 0 Å². The fraction of sp³-hybridized carbons (Fsp3) is 0.125. The van der Waals surface area contributed by atoms with Gasteiger partial charge in [-0.15, -0.1) is 0 Å². The van der Waals surface area contributed by atoms with Crippen LogP contribution in [0.25, 0.3) is 0 Å². The average molecular weight is 374 g/mol. The molecule has 3 heteroatoms. The maximum atomic E-state index is 5.81. The second-order valence-corrected chi connectivity index (χ2v) is 7.39. The van der Waals surface area contributed by atoms with Crippen LogP contribution in [0.2, 0.25) is 0 Å². The van der Waals surface area contributed by atoms with E-state index >= 15 is 0 Å². The molecule has 0 saturated heterocycles. The zero-order chi connectivity index (χ0) is 19.1. The van der Waals surface area contributed by atoms with Gasteiger partial charge in [-0.2, -0.15) is 0 Å². The van der Waals surface area contributed by atoms with Crippen LogP contribution in [0.4, 0.5) is 5.69 Å². The van der Waals surface area contributed by atoms with E-state index in [1.54, 1.807) is 18.0 Å². The van der Waals surface area contributed by atoms with Gasteiger partial charge in [-0.25, -0.2) is 4.99 Å². The van der Waals surface area contributed by atoms with Crippen LogP contribution >= 0.6 is 11.8 Å². The normalized spacial score (nSPS) is 12.1. The summed E-state index contributed by atoms with van der Waals surface area (Å²) >= 11 is 1.64. The van der Waals surface area contributed by atoms with Crippen molar-refractivity contribution in [2.24, 2.45) is 4.99 Å². The Hall–Kier alpha value is -2.78. The predicted octanol–water partition coefficient (Wildman–Crippen LogP) is 7.11. The number of rotatable bonds is 5. The molecule has 0 atom stereocenters. The van der Waals surface area contributed by atoms with Crippen molar-refractivity contribution in [1.29, 1.82) is 0 Å². The summed E-state index contributed by atoms with van der Waals surface area (Å²) < 4.78 is 5.81. The highest BCUT2D eigenvalue weighted by Gasteiger charge is 2.08. The molecule has 136 valence electrons. The number of ether oxygens (including phenoxy) is 1. The molecule has 0 amide bonds. The highest BCUT2D eigenvalue weighted by molar-refractivity contribution is 8.14. The minimum Gasteiger partial charge on any atom is -0.465 e. The largest absolute Gasteiger partial charge is 0.465 e. The van der Waals surface area contributed by atoms with Gasteiger partial charge in [-0.05, 0) is 68.3 Å². The molecule has 0 fully saturated rings. The summed E-state index contributed by atoms with van der Waals surface area (Å²) in [7, 11) is 0. The second kappa shape index (κ2) is 9.24. The Labute approximate surface area is 165 Å². The maximum Gasteiger partial charge on any atom is 0.126 e. The lowest BCUT2D eigenvalue weighted by Gasteiger charge is -2.09. The van der Waals surface area contributed by atoms with Gasteiger partial charge in [-0.1, -0.05) is 54.2 Å². The van der Waals surface area contributed by atoms with Gasteiger partial charge in [0.15, 0.2) is 0 Å². The highest BCUT2D eigenvalue weighted by atomic mass is 32.2. The van der Waals surface area contributed by atoms with E-state index in [2.05, 4.69) is 44.2 Å². The molecule has 3 aromatic carbocycles. The van der Waals surface area contributed by atoms with E-state index in [-0.39, 0.29) is 0 Å². The third-order valence-electron chi connectivity index (χ3n) is 4.13. The summed E-state index contributed by atoms with van der Waals surface area (Å²) in [5.41, 5.74) is 4.43. The van der Waals surface area contributed by atoms with Crippen LogP contribution in [0.15, 0.2) is 101 Å². The summed E-state index contributed by atoms with van der Waals surface area (Å²) in [6.07, 6.45) is 1.77. The van der Waals surface area contributed by atoms with Crippen molar-refractivity contribution in [3.05, 3.63) is 102 Å². The van der Waals surface area contributed by atoms with E-state index in [9.17, 15) is 0 Å². The first-order valence-electron chi connectivity index (χ1n) is 8.89. The quantitative estimate of drug-likeness (QED) is 0.206. The van der Waals surface area contributed by atoms with Gasteiger partial charge in [0.1, 0.15) is 10.8 Å². The second-order valence-electron chi connectivity index (χ2n) is 6.33. The molecule has 2 nitrogen and oxygen atoms in total. The topological polar surface area (TPSA) is 21.6 Å². The molecule has 0 spiro atoms. The molecule has 0 aliphatic rings. The molecular formula is C24H23NOS. The molecule has 3 aromatic rings. The number of aliphatic imine (C=N–C) groups is 1. The maximum absolute atomic E-state index is 5.81. The fourth-order valence-electron chi connectivity index (χ4n) is 2.41. The minimum absolute atomic E-state index is 0.812. The van der Waals surface area contributed by atoms with Crippen LogP contribution in [0, 0.1) is 13.8 Å². The number of para-hydroxylation sites is 1. The van der Waals surface area contributed by atoms with Crippen molar-refractivity contribution < 1.29 is 4.74 Å². The molecule has 3 rings (SSSR count). The Kier molecular flexibility index (Phi) is 6.50. The Morgan fingerprint density at radius 1 is 0.852 bits per heavy atom. The Bertz CT molecular complexity index is 947. The molecule has 0 aliphatic carbocycles. The van der Waals surface area contributed by atoms with E-state index < -0.39 is 0 Å². The van der Waals surface area contributed by atoms with Crippen molar-refractivity contribution in [2.45, 2.75) is 25.7 Å². The zero-order valence-electron chi connectivity index (χ0n) is 15.8. The lowest BCUT2D eigenvalue weighted by atomic mass is 10.1. The Balaban J connectivity index is 1.90. The van der Waals surface area contributed by atoms with Gasteiger partial charge in [-0.3, -0.25) is 0 Å². The van der Waals surface area contributed by atoms with Crippen molar-refractivity contribution in [3.63, 3.8) is 0 Å². The average Bonchev–Trinajstić information content (AvgIpc) is 2.70. The lowest BCUT2D eigenvalue weighted by molar-refractivity contribution is 0.478. The molecule has 0 bridgehead atoms. The van der Waals surface area contributed by atoms with Crippen LogP contribution in [-0.4, -0.2) is 5.04 Å². The molecule has 0 N–H and O–H groups in total. The van der Waals surface area contributed by atoms with Gasteiger partial charge < -0.3 is 4.74 Å². The SMILES string of the molecule is CC(=C\Oc1ccccc1)/C(=N\c1ccc(C)c(C)c1)Sc1ccccc1. The highest BCUT2D eigenvalue weighted by Crippen LogP contribution is 2.27. The van der Waals surface area contributed by atoms with E-state index in [1.165, 1.54) is 11.1 Å². The lowest BCUT2D eigenvalue weighted by Crippen LogP contribution is -1.97. The molecule has 0 heterocycles. The van der Waals surface area contributed by atoms with E-state index in [0.717, 1.165) is 26.9 Å². The van der Waals surface area contributed by atoms with Crippen LogP contribution in [0.5, 0.6) is 5.75 Å². The van der Waals surface area contributed by atoms with Crippen LogP contribution in [0.1, 0.15) is 18.1 Å². The predicted molar refractivity (Wildman–Crippen MR) is 116 cm³/mol. The van der Waals surface area contributed by atoms with Gasteiger partial charge in [0.2, 0.25) is 0 Å². The van der Waals surface area contributed by atoms with Crippen LogP contribution < -0.4 is 4.74 Å². The minimum atomic E-state index is 0.812. The number of nitrogens with zero attached hydrogens (tertiary/aromatic N) is 1. The number of benzene rings is 3. The third kappa shape index (κ3) is 5.60. The number of aryl methyl sites for hydroxylation is 2. The number of hydrogen-bond acceptors (Lipinski definition) is 3. The van der Waals surface area contributed by atoms with Gasteiger partial charge in [0.25, 0.3) is 0 Å². The van der Waals surface area contributed by atoms with Crippen molar-refractivity contribution >= 4 is 22.5 Å². The summed E-state index contributed by atoms with van der Waals surface area (Å²) in [4.78, 5) is 6.05. The molecular weight excluding hydrogens is 350 g/mol. The van der Waals surface area contributed by atoms with Crippen molar-refractivity contribution in [3.8, 4) is 5.75 Å². The smallest absolute Gasteiger partial charge is 0.126 e. The van der Waals surface area contributed by atoms with E-state index in [4.69, 9.17) is 9.73 Å². The summed E-state index contributed by atoms with van der Waals surface area (Å²) in [5, 5.41) is 0.917. The molecule has 0 aromatic heterocycles. The fourth-order valence-corrected chi connectivity index (χ4v) is 3.29. The van der Waals surface area contributed by atoms with Gasteiger partial charge in [0, 0.05) is 10.5 Å².